The molecule has 6 nitrogen and oxygen atoms in total. The van der Waals surface area contributed by atoms with E-state index in [0.717, 1.165) is 38.6 Å². The minimum atomic E-state index is -4.11. The summed E-state index contributed by atoms with van der Waals surface area (Å²) < 4.78 is 53.6. The third-order valence-electron chi connectivity index (χ3n) is 5.59. The number of hydrogen-bond donors (Lipinski definition) is 1. The van der Waals surface area contributed by atoms with Gasteiger partial charge in [0, 0.05) is 54.4 Å². The highest BCUT2D eigenvalue weighted by atomic mass is 32.2. The standard InChI is InChI=1S/C21H21F2N3O3S/c1-13-14(2)24-19-5-3-15(11-17(13)19)21(27)25-7-9-26(10-8-25)30(28,29)20-6-4-16(22)12-18(20)23/h3-6,11-12,24H,7-10H2,1-2H3. The van der Waals surface area contributed by atoms with Gasteiger partial charge in [-0.25, -0.2) is 17.2 Å². The van der Waals surface area contributed by atoms with E-state index < -0.39 is 26.6 Å². The fraction of sp³-hybridized carbons (Fsp3) is 0.286. The molecular formula is C21H21F2N3O3S. The lowest BCUT2D eigenvalue weighted by Gasteiger charge is -2.34. The maximum absolute atomic E-state index is 14.0. The number of hydrogen-bond acceptors (Lipinski definition) is 3. The van der Waals surface area contributed by atoms with E-state index in [4.69, 9.17) is 0 Å². The summed E-state index contributed by atoms with van der Waals surface area (Å²) >= 11 is 0. The fourth-order valence-electron chi connectivity index (χ4n) is 3.73. The molecule has 0 bridgehead atoms. The van der Waals surface area contributed by atoms with Crippen LogP contribution in [0.25, 0.3) is 10.9 Å². The van der Waals surface area contributed by atoms with Crippen LogP contribution in [0, 0.1) is 25.5 Å². The number of benzene rings is 2. The van der Waals surface area contributed by atoms with E-state index in [-0.39, 0.29) is 32.1 Å². The summed E-state index contributed by atoms with van der Waals surface area (Å²) in [5.74, 6) is -2.15. The van der Waals surface area contributed by atoms with Crippen molar-refractivity contribution < 1.29 is 22.0 Å². The number of carbonyl (C=O) groups excluding carboxylic acids is 1. The molecule has 4 rings (SSSR count). The number of H-pyrrole nitrogens is 1. The zero-order chi connectivity index (χ0) is 21.6. The average Bonchev–Trinajstić information content (AvgIpc) is 3.00. The molecule has 2 heterocycles. The van der Waals surface area contributed by atoms with Crippen molar-refractivity contribution in [2.24, 2.45) is 0 Å². The highest BCUT2D eigenvalue weighted by Gasteiger charge is 2.32. The molecule has 1 N–H and O–H groups in total. The first-order valence-corrected chi connectivity index (χ1v) is 11.0. The molecule has 1 amide bonds. The number of nitrogens with one attached hydrogen (secondary N) is 1. The third-order valence-corrected chi connectivity index (χ3v) is 7.52. The third kappa shape index (κ3) is 3.48. The number of nitrogens with zero attached hydrogens (tertiary/aromatic N) is 2. The van der Waals surface area contributed by atoms with Gasteiger partial charge in [0.1, 0.15) is 16.5 Å². The van der Waals surface area contributed by atoms with Crippen molar-refractivity contribution in [1.29, 1.82) is 0 Å². The molecule has 1 aromatic heterocycles. The molecule has 0 unspecified atom stereocenters. The number of sulfonamides is 1. The van der Waals surface area contributed by atoms with E-state index in [2.05, 4.69) is 4.98 Å². The molecule has 0 spiro atoms. The predicted molar refractivity (Wildman–Crippen MR) is 109 cm³/mol. The van der Waals surface area contributed by atoms with Crippen LogP contribution in [-0.4, -0.2) is 54.7 Å². The molecule has 1 aliphatic rings. The number of fused-ring (bicyclic) bond motifs is 1. The summed E-state index contributed by atoms with van der Waals surface area (Å²) in [6.45, 7) is 4.40. The van der Waals surface area contributed by atoms with E-state index in [1.165, 1.54) is 0 Å². The Bertz CT molecular complexity index is 1250. The van der Waals surface area contributed by atoms with E-state index in [1.54, 1.807) is 11.0 Å². The van der Waals surface area contributed by atoms with Gasteiger partial charge in [-0.05, 0) is 49.7 Å². The highest BCUT2D eigenvalue weighted by Crippen LogP contribution is 2.25. The fourth-order valence-corrected chi connectivity index (χ4v) is 5.20. The Labute approximate surface area is 173 Å². The number of halogens is 2. The van der Waals surface area contributed by atoms with Crippen molar-refractivity contribution in [3.05, 3.63) is 64.9 Å². The monoisotopic (exact) mass is 433 g/mol. The largest absolute Gasteiger partial charge is 0.358 e. The topological polar surface area (TPSA) is 73.5 Å². The van der Waals surface area contributed by atoms with Crippen LogP contribution in [0.15, 0.2) is 41.3 Å². The normalized spacial score (nSPS) is 15.7. The Hall–Kier alpha value is -2.78. The SMILES string of the molecule is Cc1[nH]c2ccc(C(=O)N3CCN(S(=O)(=O)c4ccc(F)cc4F)CC3)cc2c1C. The number of aryl methyl sites for hydroxylation is 2. The zero-order valence-electron chi connectivity index (χ0n) is 16.6. The quantitative estimate of drug-likeness (QED) is 0.689. The highest BCUT2D eigenvalue weighted by molar-refractivity contribution is 7.89. The molecule has 1 fully saturated rings. The number of amides is 1. The number of aromatic amines is 1. The number of aromatic nitrogens is 1. The lowest BCUT2D eigenvalue weighted by atomic mass is 10.1. The molecule has 0 aliphatic carbocycles. The lowest BCUT2D eigenvalue weighted by Crippen LogP contribution is -2.50. The molecule has 3 aromatic rings. The second-order valence-corrected chi connectivity index (χ2v) is 9.31. The van der Waals surface area contributed by atoms with E-state index in [1.807, 2.05) is 26.0 Å². The summed E-state index contributed by atoms with van der Waals surface area (Å²) in [5, 5.41) is 0.978. The summed E-state index contributed by atoms with van der Waals surface area (Å²) in [4.78, 5) is 17.2. The smallest absolute Gasteiger partial charge is 0.253 e. The van der Waals surface area contributed by atoms with E-state index >= 15 is 0 Å². The van der Waals surface area contributed by atoms with Crippen LogP contribution in [0.2, 0.25) is 0 Å². The van der Waals surface area contributed by atoms with Crippen LogP contribution in [0.3, 0.4) is 0 Å². The van der Waals surface area contributed by atoms with Gasteiger partial charge in [0.15, 0.2) is 0 Å². The molecule has 0 saturated carbocycles. The zero-order valence-corrected chi connectivity index (χ0v) is 17.4. The Morgan fingerprint density at radius 1 is 1.00 bits per heavy atom. The van der Waals surface area contributed by atoms with Gasteiger partial charge in [0.05, 0.1) is 0 Å². The average molecular weight is 433 g/mol. The first kappa shape index (κ1) is 20.5. The van der Waals surface area contributed by atoms with Gasteiger partial charge in [0.25, 0.3) is 5.91 Å². The van der Waals surface area contributed by atoms with Crippen molar-refractivity contribution in [3.63, 3.8) is 0 Å². The van der Waals surface area contributed by atoms with E-state index in [0.29, 0.717) is 11.6 Å². The molecule has 30 heavy (non-hydrogen) atoms. The van der Waals surface area contributed by atoms with Gasteiger partial charge >= 0.3 is 0 Å². The molecule has 1 aliphatic heterocycles. The lowest BCUT2D eigenvalue weighted by molar-refractivity contribution is 0.0698. The number of carbonyl (C=O) groups is 1. The summed E-state index contributed by atoms with van der Waals surface area (Å²) in [7, 11) is -4.11. The number of rotatable bonds is 3. The maximum atomic E-state index is 14.0. The molecule has 9 heteroatoms. The molecule has 2 aromatic carbocycles. The van der Waals surface area contributed by atoms with Crippen molar-refractivity contribution in [2.45, 2.75) is 18.7 Å². The first-order valence-electron chi connectivity index (χ1n) is 9.52. The molecular weight excluding hydrogens is 412 g/mol. The van der Waals surface area contributed by atoms with Crippen LogP contribution in [0.1, 0.15) is 21.6 Å². The first-order chi connectivity index (χ1) is 14.2. The summed E-state index contributed by atoms with van der Waals surface area (Å²) in [5.41, 5.74) is 3.61. The van der Waals surface area contributed by atoms with Gasteiger partial charge in [-0.2, -0.15) is 4.31 Å². The van der Waals surface area contributed by atoms with Gasteiger partial charge in [-0.15, -0.1) is 0 Å². The van der Waals surface area contributed by atoms with Crippen molar-refractivity contribution >= 4 is 26.8 Å². The van der Waals surface area contributed by atoms with Crippen LogP contribution < -0.4 is 0 Å². The van der Waals surface area contributed by atoms with Crippen molar-refractivity contribution in [3.8, 4) is 0 Å². The minimum absolute atomic E-state index is 0.0371. The molecule has 1 saturated heterocycles. The summed E-state index contributed by atoms with van der Waals surface area (Å²) in [6.07, 6.45) is 0. The van der Waals surface area contributed by atoms with Crippen molar-refractivity contribution in [1.82, 2.24) is 14.2 Å². The second-order valence-electron chi connectivity index (χ2n) is 7.41. The summed E-state index contributed by atoms with van der Waals surface area (Å²) in [6, 6.07) is 7.84. The maximum Gasteiger partial charge on any atom is 0.253 e. The molecule has 158 valence electrons. The van der Waals surface area contributed by atoms with Gasteiger partial charge < -0.3 is 9.88 Å². The minimum Gasteiger partial charge on any atom is -0.358 e. The van der Waals surface area contributed by atoms with Gasteiger partial charge in [0.2, 0.25) is 10.0 Å². The van der Waals surface area contributed by atoms with E-state index in [9.17, 15) is 22.0 Å². The van der Waals surface area contributed by atoms with Crippen molar-refractivity contribution in [2.75, 3.05) is 26.2 Å². The molecule has 0 atom stereocenters. The molecule has 0 radical (unpaired) electrons. The van der Waals surface area contributed by atoms with Crippen LogP contribution >= 0.6 is 0 Å². The Kier molecular flexibility index (Phi) is 5.11. The Balaban J connectivity index is 1.50. The predicted octanol–water partition coefficient (Wildman–Crippen LogP) is 3.21. The van der Waals surface area contributed by atoms with Gasteiger partial charge in [-0.3, -0.25) is 4.79 Å². The van der Waals surface area contributed by atoms with Crippen LogP contribution in [0.4, 0.5) is 8.78 Å². The van der Waals surface area contributed by atoms with Gasteiger partial charge in [-0.1, -0.05) is 0 Å². The van der Waals surface area contributed by atoms with Crippen LogP contribution in [-0.2, 0) is 10.0 Å². The Morgan fingerprint density at radius 2 is 1.70 bits per heavy atom. The Morgan fingerprint density at radius 3 is 2.37 bits per heavy atom. The van der Waals surface area contributed by atoms with Crippen LogP contribution in [0.5, 0.6) is 0 Å². The second kappa shape index (κ2) is 7.48. The number of piperazine rings is 1.